The van der Waals surface area contributed by atoms with Crippen LogP contribution in [0, 0.1) is 5.82 Å². The zero-order chi connectivity index (χ0) is 22.7. The highest BCUT2D eigenvalue weighted by atomic mass is 19.1. The predicted octanol–water partition coefficient (Wildman–Crippen LogP) is 4.86. The van der Waals surface area contributed by atoms with Gasteiger partial charge in [0.05, 0.1) is 0 Å². The third-order valence-corrected chi connectivity index (χ3v) is 6.32. The molecule has 0 bridgehead atoms. The molecule has 32 heavy (non-hydrogen) atoms. The van der Waals surface area contributed by atoms with Gasteiger partial charge < -0.3 is 15.2 Å². The molecule has 0 saturated carbocycles. The summed E-state index contributed by atoms with van der Waals surface area (Å²) in [6, 6.07) is 11.5. The molecule has 0 aliphatic carbocycles. The maximum absolute atomic E-state index is 13.1. The van der Waals surface area contributed by atoms with Crippen LogP contribution in [0.5, 0.6) is 0 Å². The highest BCUT2D eigenvalue weighted by Crippen LogP contribution is 2.25. The molecule has 1 saturated heterocycles. The molecule has 5 nitrogen and oxygen atoms in total. The summed E-state index contributed by atoms with van der Waals surface area (Å²) in [4.78, 5) is 30.8. The first-order valence-electron chi connectivity index (χ1n) is 11.5. The number of carbonyl (C=O) groups excluding carboxylic acids is 2. The number of nitrogens with one attached hydrogen (secondary N) is 2. The standard InChI is InChI=1S/C26H30FN3O2/c1-3-5-23-21(4-2)22-16-18(8-11-24(22)29-23)25(31)28-20-12-14-30(15-13-20)26(32)17-6-9-19(27)10-7-17/h6-11,16,20,29H,3-5,12-15H2,1-2H3,(H,28,31). The highest BCUT2D eigenvalue weighted by molar-refractivity contribution is 5.99. The average molecular weight is 436 g/mol. The molecule has 2 aromatic carbocycles. The van der Waals surface area contributed by atoms with Gasteiger partial charge in [0.25, 0.3) is 11.8 Å². The average Bonchev–Trinajstić information content (AvgIpc) is 3.16. The topological polar surface area (TPSA) is 65.2 Å². The number of aromatic nitrogens is 1. The number of likely N-dealkylation sites (tertiary alicyclic amines) is 1. The van der Waals surface area contributed by atoms with E-state index < -0.39 is 0 Å². The Hall–Kier alpha value is -3.15. The Morgan fingerprint density at radius 2 is 1.75 bits per heavy atom. The fourth-order valence-electron chi connectivity index (χ4n) is 4.58. The van der Waals surface area contributed by atoms with Gasteiger partial charge in [-0.25, -0.2) is 4.39 Å². The molecule has 2 amide bonds. The van der Waals surface area contributed by atoms with Crippen LogP contribution >= 0.6 is 0 Å². The molecular formula is C26H30FN3O2. The van der Waals surface area contributed by atoms with Crippen molar-refractivity contribution in [3.05, 3.63) is 70.7 Å². The van der Waals surface area contributed by atoms with Crippen molar-refractivity contribution < 1.29 is 14.0 Å². The summed E-state index contributed by atoms with van der Waals surface area (Å²) in [5.74, 6) is -0.522. The number of nitrogens with zero attached hydrogens (tertiary/aromatic N) is 1. The Kier molecular flexibility index (Phi) is 6.58. The molecule has 0 unspecified atom stereocenters. The molecular weight excluding hydrogens is 405 g/mol. The van der Waals surface area contributed by atoms with Crippen LogP contribution in [0.1, 0.15) is 65.1 Å². The van der Waals surface area contributed by atoms with Gasteiger partial charge >= 0.3 is 0 Å². The van der Waals surface area contributed by atoms with Gasteiger partial charge in [-0.15, -0.1) is 0 Å². The van der Waals surface area contributed by atoms with Gasteiger partial charge in [0.1, 0.15) is 5.82 Å². The Morgan fingerprint density at radius 3 is 2.41 bits per heavy atom. The third-order valence-electron chi connectivity index (χ3n) is 6.32. The molecule has 2 N–H and O–H groups in total. The number of hydrogen-bond donors (Lipinski definition) is 2. The fourth-order valence-corrected chi connectivity index (χ4v) is 4.58. The molecule has 3 aromatic rings. The number of H-pyrrole nitrogens is 1. The van der Waals surface area contributed by atoms with E-state index in [1.165, 1.54) is 35.5 Å². The summed E-state index contributed by atoms with van der Waals surface area (Å²) in [5, 5.41) is 4.27. The van der Waals surface area contributed by atoms with Crippen LogP contribution in [0.15, 0.2) is 42.5 Å². The second-order valence-electron chi connectivity index (χ2n) is 8.49. The lowest BCUT2D eigenvalue weighted by Crippen LogP contribution is -2.46. The Balaban J connectivity index is 1.39. The zero-order valence-electron chi connectivity index (χ0n) is 18.7. The molecule has 6 heteroatoms. The third kappa shape index (κ3) is 4.54. The molecule has 0 radical (unpaired) electrons. The first kappa shape index (κ1) is 22.1. The van der Waals surface area contributed by atoms with E-state index in [2.05, 4.69) is 24.1 Å². The Morgan fingerprint density at radius 1 is 1.06 bits per heavy atom. The van der Waals surface area contributed by atoms with E-state index in [4.69, 9.17) is 0 Å². The summed E-state index contributed by atoms with van der Waals surface area (Å²) in [6.45, 7) is 5.45. The number of benzene rings is 2. The predicted molar refractivity (Wildman–Crippen MR) is 124 cm³/mol. The van der Waals surface area contributed by atoms with Crippen molar-refractivity contribution in [3.63, 3.8) is 0 Å². The van der Waals surface area contributed by atoms with E-state index in [9.17, 15) is 14.0 Å². The van der Waals surface area contributed by atoms with Crippen LogP contribution in [0.4, 0.5) is 4.39 Å². The number of rotatable bonds is 6. The van der Waals surface area contributed by atoms with Crippen molar-refractivity contribution in [1.82, 2.24) is 15.2 Å². The lowest BCUT2D eigenvalue weighted by atomic mass is 10.0. The molecule has 1 aliphatic rings. The van der Waals surface area contributed by atoms with Crippen LogP contribution in [-0.2, 0) is 12.8 Å². The minimum absolute atomic E-state index is 0.0305. The van der Waals surface area contributed by atoms with Crippen LogP contribution in [-0.4, -0.2) is 40.8 Å². The van der Waals surface area contributed by atoms with Crippen LogP contribution < -0.4 is 5.32 Å². The highest BCUT2D eigenvalue weighted by Gasteiger charge is 2.25. The van der Waals surface area contributed by atoms with Crippen molar-refractivity contribution in [1.29, 1.82) is 0 Å². The van der Waals surface area contributed by atoms with Crippen LogP contribution in [0.25, 0.3) is 10.9 Å². The normalized spacial score (nSPS) is 14.7. The second-order valence-corrected chi connectivity index (χ2v) is 8.49. The SMILES string of the molecule is CCCc1[nH]c2ccc(C(=O)NC3CCN(C(=O)c4ccc(F)cc4)CC3)cc2c1CC. The van der Waals surface area contributed by atoms with Gasteiger partial charge in [0.15, 0.2) is 0 Å². The minimum atomic E-state index is -0.353. The number of piperidine rings is 1. The van der Waals surface area contributed by atoms with Crippen molar-refractivity contribution in [2.45, 2.75) is 52.0 Å². The first-order chi connectivity index (χ1) is 15.5. The number of fused-ring (bicyclic) bond motifs is 1. The molecule has 0 atom stereocenters. The monoisotopic (exact) mass is 435 g/mol. The maximum Gasteiger partial charge on any atom is 0.253 e. The van der Waals surface area contributed by atoms with Crippen molar-refractivity contribution in [2.24, 2.45) is 0 Å². The largest absolute Gasteiger partial charge is 0.358 e. The van der Waals surface area contributed by atoms with Gasteiger partial charge in [0.2, 0.25) is 0 Å². The smallest absolute Gasteiger partial charge is 0.253 e. The number of halogens is 1. The molecule has 4 rings (SSSR count). The molecule has 168 valence electrons. The fraction of sp³-hybridized carbons (Fsp3) is 0.385. The summed E-state index contributed by atoms with van der Waals surface area (Å²) >= 11 is 0. The number of amides is 2. The molecule has 1 aliphatic heterocycles. The number of hydrogen-bond acceptors (Lipinski definition) is 2. The summed E-state index contributed by atoms with van der Waals surface area (Å²) in [7, 11) is 0. The van der Waals surface area contributed by atoms with Crippen molar-refractivity contribution >= 4 is 22.7 Å². The Bertz CT molecular complexity index is 1110. The molecule has 0 spiro atoms. The molecule has 1 aromatic heterocycles. The van der Waals surface area contributed by atoms with E-state index in [1.807, 2.05) is 18.2 Å². The van der Waals surface area contributed by atoms with Crippen LogP contribution in [0.2, 0.25) is 0 Å². The minimum Gasteiger partial charge on any atom is -0.358 e. The maximum atomic E-state index is 13.1. The van der Waals surface area contributed by atoms with E-state index >= 15 is 0 Å². The van der Waals surface area contributed by atoms with Gasteiger partial charge in [0, 0.05) is 46.9 Å². The van der Waals surface area contributed by atoms with Crippen molar-refractivity contribution in [3.8, 4) is 0 Å². The van der Waals surface area contributed by atoms with E-state index in [1.54, 1.807) is 4.90 Å². The van der Waals surface area contributed by atoms with Gasteiger partial charge in [-0.05, 0) is 73.7 Å². The van der Waals surface area contributed by atoms with E-state index in [-0.39, 0.29) is 23.7 Å². The van der Waals surface area contributed by atoms with E-state index in [0.717, 1.165) is 30.2 Å². The van der Waals surface area contributed by atoms with E-state index in [0.29, 0.717) is 37.1 Å². The Labute approximate surface area is 188 Å². The van der Waals surface area contributed by atoms with Crippen LogP contribution in [0.3, 0.4) is 0 Å². The number of aromatic amines is 1. The van der Waals surface area contributed by atoms with Gasteiger partial charge in [-0.1, -0.05) is 20.3 Å². The summed E-state index contributed by atoms with van der Waals surface area (Å²) in [6.07, 6.45) is 4.42. The first-order valence-corrected chi connectivity index (χ1v) is 11.5. The molecule has 1 fully saturated rings. The lowest BCUT2D eigenvalue weighted by Gasteiger charge is -2.32. The van der Waals surface area contributed by atoms with Gasteiger partial charge in [-0.3, -0.25) is 9.59 Å². The number of aryl methyl sites for hydroxylation is 2. The van der Waals surface area contributed by atoms with Gasteiger partial charge in [-0.2, -0.15) is 0 Å². The summed E-state index contributed by atoms with van der Waals surface area (Å²) < 4.78 is 13.1. The zero-order valence-corrected chi connectivity index (χ0v) is 18.7. The summed E-state index contributed by atoms with van der Waals surface area (Å²) in [5.41, 5.74) is 4.79. The lowest BCUT2D eigenvalue weighted by molar-refractivity contribution is 0.0698. The quantitative estimate of drug-likeness (QED) is 0.581. The number of carbonyl (C=O) groups is 2. The second kappa shape index (κ2) is 9.55. The van der Waals surface area contributed by atoms with Crippen molar-refractivity contribution in [2.75, 3.05) is 13.1 Å². The molecule has 2 heterocycles.